The SMILES string of the molecule is CCOC(=O)[C@@H]1CCCN(CC(=O)N2CCc3cc(O)ccc32)C1. The highest BCUT2D eigenvalue weighted by Gasteiger charge is 2.30. The topological polar surface area (TPSA) is 70.1 Å². The van der Waals surface area contributed by atoms with E-state index in [1.165, 1.54) is 0 Å². The molecule has 2 aliphatic heterocycles. The average molecular weight is 332 g/mol. The summed E-state index contributed by atoms with van der Waals surface area (Å²) in [6.45, 7) is 4.58. The molecule has 1 amide bonds. The third-order valence-electron chi connectivity index (χ3n) is 4.74. The summed E-state index contributed by atoms with van der Waals surface area (Å²) in [5, 5.41) is 9.55. The molecule has 24 heavy (non-hydrogen) atoms. The zero-order chi connectivity index (χ0) is 17.1. The Balaban J connectivity index is 1.61. The number of carbonyl (C=O) groups is 2. The van der Waals surface area contributed by atoms with Crippen LogP contribution in [0.3, 0.4) is 0 Å². The maximum absolute atomic E-state index is 12.7. The molecule has 1 atom stereocenters. The van der Waals surface area contributed by atoms with Crippen molar-refractivity contribution in [1.29, 1.82) is 0 Å². The van der Waals surface area contributed by atoms with Gasteiger partial charge in [0.2, 0.25) is 5.91 Å². The molecular weight excluding hydrogens is 308 g/mol. The molecule has 3 rings (SSSR count). The van der Waals surface area contributed by atoms with Gasteiger partial charge in [0.05, 0.1) is 19.1 Å². The minimum Gasteiger partial charge on any atom is -0.508 e. The van der Waals surface area contributed by atoms with Crippen LogP contribution in [0.1, 0.15) is 25.3 Å². The lowest BCUT2D eigenvalue weighted by Crippen LogP contribution is -2.45. The summed E-state index contributed by atoms with van der Waals surface area (Å²) in [5.41, 5.74) is 1.89. The van der Waals surface area contributed by atoms with Crippen molar-refractivity contribution in [3.8, 4) is 5.75 Å². The first-order valence-corrected chi connectivity index (χ1v) is 8.59. The fourth-order valence-corrected chi connectivity index (χ4v) is 3.58. The minimum atomic E-state index is -0.156. The van der Waals surface area contributed by atoms with Crippen molar-refractivity contribution in [2.45, 2.75) is 26.2 Å². The Kier molecular flexibility index (Phi) is 5.04. The van der Waals surface area contributed by atoms with E-state index in [1.807, 2.05) is 11.8 Å². The lowest BCUT2D eigenvalue weighted by Gasteiger charge is -2.32. The molecule has 1 saturated heterocycles. The number of aromatic hydroxyl groups is 1. The first-order valence-electron chi connectivity index (χ1n) is 8.59. The van der Waals surface area contributed by atoms with Gasteiger partial charge in [0.25, 0.3) is 0 Å². The highest BCUT2D eigenvalue weighted by atomic mass is 16.5. The van der Waals surface area contributed by atoms with Crippen LogP contribution in [0.4, 0.5) is 5.69 Å². The number of hydrogen-bond acceptors (Lipinski definition) is 5. The van der Waals surface area contributed by atoms with Gasteiger partial charge in [-0.25, -0.2) is 0 Å². The van der Waals surface area contributed by atoms with E-state index in [9.17, 15) is 14.7 Å². The van der Waals surface area contributed by atoms with Gasteiger partial charge in [-0.2, -0.15) is 0 Å². The van der Waals surface area contributed by atoms with Gasteiger partial charge in [-0.1, -0.05) is 0 Å². The Hall–Kier alpha value is -2.08. The van der Waals surface area contributed by atoms with Gasteiger partial charge in [0, 0.05) is 18.8 Å². The largest absolute Gasteiger partial charge is 0.508 e. The second-order valence-corrected chi connectivity index (χ2v) is 6.43. The number of phenolic OH excluding ortho intramolecular Hbond substituents is 1. The summed E-state index contributed by atoms with van der Waals surface area (Å²) in [4.78, 5) is 28.4. The van der Waals surface area contributed by atoms with E-state index < -0.39 is 0 Å². The number of benzene rings is 1. The van der Waals surface area contributed by atoms with Crippen LogP contribution in [-0.2, 0) is 20.7 Å². The molecule has 0 aromatic heterocycles. The molecule has 0 radical (unpaired) electrons. The van der Waals surface area contributed by atoms with Crippen LogP contribution in [0.5, 0.6) is 5.75 Å². The fraction of sp³-hybridized carbons (Fsp3) is 0.556. The molecule has 1 aromatic rings. The van der Waals surface area contributed by atoms with Gasteiger partial charge in [0.1, 0.15) is 5.75 Å². The van der Waals surface area contributed by atoms with Gasteiger partial charge < -0.3 is 14.7 Å². The van der Waals surface area contributed by atoms with Crippen molar-refractivity contribution < 1.29 is 19.4 Å². The Morgan fingerprint density at radius 1 is 1.33 bits per heavy atom. The van der Waals surface area contributed by atoms with Gasteiger partial charge in [-0.05, 0) is 56.5 Å². The number of anilines is 1. The first-order chi connectivity index (χ1) is 11.6. The molecule has 0 unspecified atom stereocenters. The number of piperidine rings is 1. The molecule has 1 fully saturated rings. The maximum atomic E-state index is 12.7. The fourth-order valence-electron chi connectivity index (χ4n) is 3.58. The predicted molar refractivity (Wildman–Crippen MR) is 90.0 cm³/mol. The van der Waals surface area contributed by atoms with Crippen LogP contribution in [0, 0.1) is 5.92 Å². The summed E-state index contributed by atoms with van der Waals surface area (Å²) >= 11 is 0. The smallest absolute Gasteiger partial charge is 0.310 e. The van der Waals surface area contributed by atoms with Crippen molar-refractivity contribution in [3.05, 3.63) is 23.8 Å². The second kappa shape index (κ2) is 7.21. The van der Waals surface area contributed by atoms with E-state index in [2.05, 4.69) is 0 Å². The van der Waals surface area contributed by atoms with Crippen molar-refractivity contribution in [1.82, 2.24) is 4.90 Å². The number of carbonyl (C=O) groups excluding carboxylic acids is 2. The Bertz CT molecular complexity index is 631. The Labute approximate surface area is 142 Å². The molecule has 2 aliphatic rings. The van der Waals surface area contributed by atoms with Crippen molar-refractivity contribution in [2.24, 2.45) is 5.92 Å². The third-order valence-corrected chi connectivity index (χ3v) is 4.74. The number of hydrogen-bond donors (Lipinski definition) is 1. The Morgan fingerprint density at radius 3 is 2.96 bits per heavy atom. The van der Waals surface area contributed by atoms with Crippen LogP contribution in [0.25, 0.3) is 0 Å². The van der Waals surface area contributed by atoms with E-state index in [0.29, 0.717) is 26.2 Å². The van der Waals surface area contributed by atoms with Crippen molar-refractivity contribution in [2.75, 3.05) is 37.7 Å². The lowest BCUT2D eigenvalue weighted by molar-refractivity contribution is -0.150. The van der Waals surface area contributed by atoms with E-state index in [-0.39, 0.29) is 23.5 Å². The lowest BCUT2D eigenvalue weighted by atomic mass is 9.98. The van der Waals surface area contributed by atoms with Crippen LogP contribution in [0.2, 0.25) is 0 Å². The Morgan fingerprint density at radius 2 is 2.17 bits per heavy atom. The number of likely N-dealkylation sites (tertiary alicyclic amines) is 1. The average Bonchev–Trinajstić information content (AvgIpc) is 2.98. The molecule has 1 N–H and O–H groups in total. The zero-order valence-corrected chi connectivity index (χ0v) is 14.0. The molecule has 2 heterocycles. The van der Waals surface area contributed by atoms with Crippen molar-refractivity contribution >= 4 is 17.6 Å². The molecular formula is C18H24N2O4. The summed E-state index contributed by atoms with van der Waals surface area (Å²) < 4.78 is 5.11. The highest BCUT2D eigenvalue weighted by molar-refractivity contribution is 5.97. The molecule has 130 valence electrons. The first kappa shape index (κ1) is 16.8. The van der Waals surface area contributed by atoms with Gasteiger partial charge in [-0.3, -0.25) is 14.5 Å². The van der Waals surface area contributed by atoms with Gasteiger partial charge in [0.15, 0.2) is 0 Å². The maximum Gasteiger partial charge on any atom is 0.310 e. The summed E-state index contributed by atoms with van der Waals surface area (Å²) in [5.74, 6) is -0.00809. The van der Waals surface area contributed by atoms with E-state index >= 15 is 0 Å². The molecule has 1 aromatic carbocycles. The van der Waals surface area contributed by atoms with Gasteiger partial charge >= 0.3 is 5.97 Å². The number of amides is 1. The number of rotatable bonds is 4. The monoisotopic (exact) mass is 332 g/mol. The van der Waals surface area contributed by atoms with Crippen molar-refractivity contribution in [3.63, 3.8) is 0 Å². The molecule has 0 saturated carbocycles. The summed E-state index contributed by atoms with van der Waals surface area (Å²) in [7, 11) is 0. The van der Waals surface area contributed by atoms with Crippen LogP contribution in [-0.4, -0.2) is 54.7 Å². The number of nitrogens with zero attached hydrogens (tertiary/aromatic N) is 2. The molecule has 6 nitrogen and oxygen atoms in total. The number of phenols is 1. The zero-order valence-electron chi connectivity index (χ0n) is 14.0. The summed E-state index contributed by atoms with van der Waals surface area (Å²) in [6, 6.07) is 5.13. The summed E-state index contributed by atoms with van der Waals surface area (Å²) in [6.07, 6.45) is 2.50. The molecule has 0 aliphatic carbocycles. The molecule has 0 bridgehead atoms. The normalized spacial score (nSPS) is 20.7. The number of esters is 1. The van der Waals surface area contributed by atoms with Crippen LogP contribution < -0.4 is 4.90 Å². The van der Waals surface area contributed by atoms with E-state index in [0.717, 1.165) is 37.1 Å². The standard InChI is InChI=1S/C18H24N2O4/c1-2-24-18(23)14-4-3-8-19(11-14)12-17(22)20-9-7-13-10-15(21)5-6-16(13)20/h5-6,10,14,21H,2-4,7-9,11-12H2,1H3/t14-/m1/s1. The minimum absolute atomic E-state index is 0.0453. The molecule has 0 spiro atoms. The number of fused-ring (bicyclic) bond motifs is 1. The van der Waals surface area contributed by atoms with Crippen LogP contribution >= 0.6 is 0 Å². The van der Waals surface area contributed by atoms with E-state index in [4.69, 9.17) is 4.74 Å². The molecule has 6 heteroatoms. The van der Waals surface area contributed by atoms with Gasteiger partial charge in [-0.15, -0.1) is 0 Å². The van der Waals surface area contributed by atoms with Crippen LogP contribution in [0.15, 0.2) is 18.2 Å². The third kappa shape index (κ3) is 3.53. The number of ether oxygens (including phenoxy) is 1. The second-order valence-electron chi connectivity index (χ2n) is 6.43. The van der Waals surface area contributed by atoms with E-state index in [1.54, 1.807) is 23.1 Å². The predicted octanol–water partition coefficient (Wildman–Crippen LogP) is 1.56. The highest BCUT2D eigenvalue weighted by Crippen LogP contribution is 2.31. The quantitative estimate of drug-likeness (QED) is 0.847.